The van der Waals surface area contributed by atoms with Gasteiger partial charge in [-0.25, -0.2) is 0 Å². The number of rotatable bonds is 3. The van der Waals surface area contributed by atoms with Gasteiger partial charge in [0, 0.05) is 4.47 Å². The fraction of sp³-hybridized carbons (Fsp3) is 0.250. The van der Waals surface area contributed by atoms with Gasteiger partial charge in [0.25, 0.3) is 0 Å². The van der Waals surface area contributed by atoms with E-state index in [2.05, 4.69) is 76.0 Å². The summed E-state index contributed by atoms with van der Waals surface area (Å²) in [5.41, 5.74) is 4.92. The van der Waals surface area contributed by atoms with Crippen LogP contribution >= 0.6 is 31.9 Å². The quantitative estimate of drug-likeness (QED) is 0.630. The summed E-state index contributed by atoms with van der Waals surface area (Å²) in [5.74, 6) is 0.925. The van der Waals surface area contributed by atoms with E-state index in [1.54, 1.807) is 7.11 Å². The van der Waals surface area contributed by atoms with Crippen LogP contribution in [0.5, 0.6) is 5.75 Å². The van der Waals surface area contributed by atoms with Crippen LogP contribution in [0, 0.1) is 13.8 Å². The van der Waals surface area contributed by atoms with Gasteiger partial charge < -0.3 is 4.74 Å². The molecule has 3 heteroatoms. The number of alkyl halides is 1. The molecule has 0 aliphatic carbocycles. The molecule has 0 aromatic heterocycles. The number of hydrogen-bond donors (Lipinski definition) is 0. The zero-order chi connectivity index (χ0) is 14.0. The highest BCUT2D eigenvalue weighted by atomic mass is 79.9. The monoisotopic (exact) mass is 382 g/mol. The average Bonchev–Trinajstić information content (AvgIpc) is 2.41. The summed E-state index contributed by atoms with van der Waals surface area (Å²) in [5, 5.41) is 0. The van der Waals surface area contributed by atoms with Crippen LogP contribution < -0.4 is 4.74 Å². The Balaban J connectivity index is 2.41. The standard InChI is InChI=1S/C16H16Br2O/c1-10-9-12(7-8-15(10)19-3)16(18)13-5-4-6-14(17)11(13)2/h4-9,16H,1-3H3. The maximum atomic E-state index is 5.31. The molecule has 0 amide bonds. The number of ether oxygens (including phenoxy) is 1. The van der Waals surface area contributed by atoms with Gasteiger partial charge in [-0.05, 0) is 48.2 Å². The van der Waals surface area contributed by atoms with E-state index in [4.69, 9.17) is 4.74 Å². The largest absolute Gasteiger partial charge is 0.496 e. The molecular weight excluding hydrogens is 368 g/mol. The van der Waals surface area contributed by atoms with Crippen LogP contribution in [-0.2, 0) is 0 Å². The number of methoxy groups -OCH3 is 1. The second-order valence-electron chi connectivity index (χ2n) is 4.55. The first-order chi connectivity index (χ1) is 9.04. The molecule has 0 heterocycles. The van der Waals surface area contributed by atoms with Gasteiger partial charge in [-0.1, -0.05) is 56.1 Å². The predicted octanol–water partition coefficient (Wildman–Crippen LogP) is 5.56. The smallest absolute Gasteiger partial charge is 0.121 e. The number of aryl methyl sites for hydroxylation is 1. The zero-order valence-electron chi connectivity index (χ0n) is 11.2. The number of halogens is 2. The molecule has 0 aliphatic rings. The molecule has 0 bridgehead atoms. The summed E-state index contributed by atoms with van der Waals surface area (Å²) < 4.78 is 6.44. The maximum Gasteiger partial charge on any atom is 0.121 e. The molecule has 19 heavy (non-hydrogen) atoms. The van der Waals surface area contributed by atoms with Gasteiger partial charge >= 0.3 is 0 Å². The van der Waals surface area contributed by atoms with Crippen LogP contribution in [0.1, 0.15) is 27.1 Å². The van der Waals surface area contributed by atoms with Crippen molar-refractivity contribution in [1.82, 2.24) is 0 Å². The topological polar surface area (TPSA) is 9.23 Å². The lowest BCUT2D eigenvalue weighted by atomic mass is 9.99. The van der Waals surface area contributed by atoms with Crippen molar-refractivity contribution in [1.29, 1.82) is 0 Å². The van der Waals surface area contributed by atoms with Crippen molar-refractivity contribution in [3.8, 4) is 5.75 Å². The third-order valence-corrected chi connectivity index (χ3v) is 5.18. The highest BCUT2D eigenvalue weighted by Crippen LogP contribution is 2.36. The molecule has 2 aromatic rings. The predicted molar refractivity (Wildman–Crippen MR) is 87.4 cm³/mol. The molecule has 2 aromatic carbocycles. The van der Waals surface area contributed by atoms with E-state index in [-0.39, 0.29) is 4.83 Å². The molecule has 1 unspecified atom stereocenters. The SMILES string of the molecule is COc1ccc(C(Br)c2cccc(Br)c2C)cc1C. The van der Waals surface area contributed by atoms with Gasteiger partial charge in [-0.2, -0.15) is 0 Å². The second-order valence-corrected chi connectivity index (χ2v) is 6.32. The van der Waals surface area contributed by atoms with Crippen LogP contribution in [0.3, 0.4) is 0 Å². The number of hydrogen-bond acceptors (Lipinski definition) is 1. The normalized spacial score (nSPS) is 12.3. The molecule has 2 rings (SSSR count). The first-order valence-electron chi connectivity index (χ1n) is 6.08. The van der Waals surface area contributed by atoms with Crippen molar-refractivity contribution in [2.45, 2.75) is 18.7 Å². The minimum atomic E-state index is 0.189. The highest BCUT2D eigenvalue weighted by molar-refractivity contribution is 9.10. The molecule has 0 saturated carbocycles. The van der Waals surface area contributed by atoms with Gasteiger partial charge in [0.2, 0.25) is 0 Å². The van der Waals surface area contributed by atoms with Gasteiger partial charge in [0.15, 0.2) is 0 Å². The fourth-order valence-electron chi connectivity index (χ4n) is 2.14. The molecule has 100 valence electrons. The van der Waals surface area contributed by atoms with Crippen molar-refractivity contribution in [2.75, 3.05) is 7.11 Å². The van der Waals surface area contributed by atoms with E-state index < -0.39 is 0 Å². The molecular formula is C16H16Br2O. The molecule has 0 saturated heterocycles. The summed E-state index contributed by atoms with van der Waals surface area (Å²) in [4.78, 5) is 0.189. The van der Waals surface area contributed by atoms with Crippen molar-refractivity contribution >= 4 is 31.9 Å². The summed E-state index contributed by atoms with van der Waals surface area (Å²) >= 11 is 7.38. The lowest BCUT2D eigenvalue weighted by Crippen LogP contribution is -1.98. The molecule has 0 spiro atoms. The van der Waals surface area contributed by atoms with Crippen molar-refractivity contribution in [3.05, 3.63) is 63.1 Å². The second kappa shape index (κ2) is 6.10. The Bertz CT molecular complexity index is 593. The van der Waals surface area contributed by atoms with Crippen molar-refractivity contribution < 1.29 is 4.74 Å². The number of benzene rings is 2. The van der Waals surface area contributed by atoms with E-state index in [1.807, 2.05) is 6.07 Å². The van der Waals surface area contributed by atoms with E-state index in [0.717, 1.165) is 15.8 Å². The van der Waals surface area contributed by atoms with Crippen LogP contribution in [0.25, 0.3) is 0 Å². The summed E-state index contributed by atoms with van der Waals surface area (Å²) in [6.07, 6.45) is 0. The molecule has 0 aliphatic heterocycles. The Morgan fingerprint density at radius 3 is 2.47 bits per heavy atom. The molecule has 0 radical (unpaired) electrons. The summed E-state index contributed by atoms with van der Waals surface area (Å²) in [7, 11) is 1.70. The lowest BCUT2D eigenvalue weighted by molar-refractivity contribution is 0.411. The minimum absolute atomic E-state index is 0.189. The van der Waals surface area contributed by atoms with Gasteiger partial charge in [-0.3, -0.25) is 0 Å². The molecule has 0 N–H and O–H groups in total. The Morgan fingerprint density at radius 2 is 1.84 bits per heavy atom. The van der Waals surface area contributed by atoms with Crippen LogP contribution in [-0.4, -0.2) is 7.11 Å². The first-order valence-corrected chi connectivity index (χ1v) is 7.79. The average molecular weight is 384 g/mol. The molecule has 1 atom stereocenters. The Morgan fingerprint density at radius 1 is 1.11 bits per heavy atom. The fourth-order valence-corrected chi connectivity index (χ4v) is 3.30. The summed E-state index contributed by atoms with van der Waals surface area (Å²) in [6, 6.07) is 12.6. The molecule has 1 nitrogen and oxygen atoms in total. The van der Waals surface area contributed by atoms with Crippen molar-refractivity contribution in [2.24, 2.45) is 0 Å². The van der Waals surface area contributed by atoms with Gasteiger partial charge in [-0.15, -0.1) is 0 Å². The van der Waals surface area contributed by atoms with E-state index in [9.17, 15) is 0 Å². The molecule has 0 fully saturated rings. The van der Waals surface area contributed by atoms with E-state index in [1.165, 1.54) is 16.7 Å². The minimum Gasteiger partial charge on any atom is -0.496 e. The van der Waals surface area contributed by atoms with Gasteiger partial charge in [0.05, 0.1) is 11.9 Å². The van der Waals surface area contributed by atoms with E-state index >= 15 is 0 Å². The third kappa shape index (κ3) is 3.03. The van der Waals surface area contributed by atoms with Crippen LogP contribution in [0.4, 0.5) is 0 Å². The first kappa shape index (κ1) is 14.6. The maximum absolute atomic E-state index is 5.31. The lowest BCUT2D eigenvalue weighted by Gasteiger charge is -2.16. The van der Waals surface area contributed by atoms with Crippen LogP contribution in [0.2, 0.25) is 0 Å². The third-order valence-electron chi connectivity index (χ3n) is 3.29. The Hall–Kier alpha value is -0.800. The highest BCUT2D eigenvalue weighted by Gasteiger charge is 2.15. The van der Waals surface area contributed by atoms with Crippen LogP contribution in [0.15, 0.2) is 40.9 Å². The summed E-state index contributed by atoms with van der Waals surface area (Å²) in [6.45, 7) is 4.19. The van der Waals surface area contributed by atoms with Gasteiger partial charge in [0.1, 0.15) is 5.75 Å². The van der Waals surface area contributed by atoms with Crippen molar-refractivity contribution in [3.63, 3.8) is 0 Å². The Kier molecular flexibility index (Phi) is 4.69. The Labute approximate surface area is 131 Å². The zero-order valence-corrected chi connectivity index (χ0v) is 14.4. The van der Waals surface area contributed by atoms with E-state index in [0.29, 0.717) is 0 Å².